The summed E-state index contributed by atoms with van der Waals surface area (Å²) in [6.45, 7) is 5.96. The van der Waals surface area contributed by atoms with Crippen LogP contribution < -0.4 is 5.32 Å². The van der Waals surface area contributed by atoms with Crippen molar-refractivity contribution in [3.63, 3.8) is 0 Å². The third-order valence-electron chi connectivity index (χ3n) is 2.32. The van der Waals surface area contributed by atoms with Gasteiger partial charge >= 0.3 is 0 Å². The maximum absolute atomic E-state index is 11.8. The minimum absolute atomic E-state index is 0.0514. The second-order valence-corrected chi connectivity index (χ2v) is 4.62. The van der Waals surface area contributed by atoms with Crippen LogP contribution >= 0.6 is 23.2 Å². The largest absolute Gasteiger partial charge is 0.349 e. The second kappa shape index (κ2) is 5.46. The predicted octanol–water partition coefficient (Wildman–Crippen LogP) is 2.56. The first kappa shape index (κ1) is 13.2. The van der Waals surface area contributed by atoms with E-state index in [0.717, 1.165) is 0 Å². The molecule has 4 nitrogen and oxygen atoms in total. The van der Waals surface area contributed by atoms with Gasteiger partial charge in [0.2, 0.25) is 0 Å². The summed E-state index contributed by atoms with van der Waals surface area (Å²) in [5.41, 5.74) is 0.245. The molecule has 0 spiro atoms. The molecule has 0 fully saturated rings. The first-order valence-electron chi connectivity index (χ1n) is 4.91. The van der Waals surface area contributed by atoms with Gasteiger partial charge in [0.05, 0.1) is 5.56 Å². The van der Waals surface area contributed by atoms with Crippen LogP contribution in [0.15, 0.2) is 6.07 Å². The Labute approximate surface area is 104 Å². The minimum atomic E-state index is -0.289. The van der Waals surface area contributed by atoms with Gasteiger partial charge in [-0.1, -0.05) is 37.0 Å². The quantitative estimate of drug-likeness (QED) is 0.910. The van der Waals surface area contributed by atoms with Crippen molar-refractivity contribution in [2.24, 2.45) is 5.92 Å². The number of halogens is 2. The fourth-order valence-corrected chi connectivity index (χ4v) is 1.29. The Bertz CT molecular complexity index is 396. The van der Waals surface area contributed by atoms with Crippen LogP contribution in [0.4, 0.5) is 0 Å². The molecule has 1 N–H and O–H groups in total. The second-order valence-electron chi connectivity index (χ2n) is 3.88. The van der Waals surface area contributed by atoms with E-state index in [4.69, 9.17) is 23.2 Å². The Kier molecular flexibility index (Phi) is 4.50. The first-order valence-corrected chi connectivity index (χ1v) is 5.67. The van der Waals surface area contributed by atoms with Crippen molar-refractivity contribution in [3.8, 4) is 0 Å². The van der Waals surface area contributed by atoms with Crippen LogP contribution in [0.25, 0.3) is 0 Å². The lowest BCUT2D eigenvalue weighted by Gasteiger charge is -2.17. The average molecular weight is 262 g/mol. The van der Waals surface area contributed by atoms with Crippen LogP contribution in [0.2, 0.25) is 10.3 Å². The van der Waals surface area contributed by atoms with Crippen LogP contribution in [0, 0.1) is 5.92 Å². The van der Waals surface area contributed by atoms with Gasteiger partial charge in [0.15, 0.2) is 10.3 Å². The van der Waals surface area contributed by atoms with Crippen LogP contribution in [0.1, 0.15) is 31.1 Å². The van der Waals surface area contributed by atoms with E-state index in [1.54, 1.807) is 0 Å². The highest BCUT2D eigenvalue weighted by Gasteiger charge is 2.16. The zero-order valence-electron chi connectivity index (χ0n) is 9.29. The van der Waals surface area contributed by atoms with Gasteiger partial charge in [-0.15, -0.1) is 10.2 Å². The maximum Gasteiger partial charge on any atom is 0.254 e. The topological polar surface area (TPSA) is 54.9 Å². The maximum atomic E-state index is 11.8. The van der Waals surface area contributed by atoms with Gasteiger partial charge < -0.3 is 5.32 Å². The van der Waals surface area contributed by atoms with Gasteiger partial charge in [0.1, 0.15) is 0 Å². The van der Waals surface area contributed by atoms with Crippen molar-refractivity contribution in [3.05, 3.63) is 21.9 Å². The first-order chi connectivity index (χ1) is 7.41. The van der Waals surface area contributed by atoms with Crippen LogP contribution in [-0.4, -0.2) is 22.1 Å². The van der Waals surface area contributed by atoms with E-state index in [9.17, 15) is 4.79 Å². The number of rotatable bonds is 3. The molecule has 0 bridgehead atoms. The molecule has 0 aliphatic heterocycles. The third kappa shape index (κ3) is 3.32. The van der Waals surface area contributed by atoms with Gasteiger partial charge in [-0.25, -0.2) is 0 Å². The molecule has 0 radical (unpaired) electrons. The number of aromatic nitrogens is 2. The summed E-state index contributed by atoms with van der Waals surface area (Å²) in [5, 5.41) is 10.1. The molecule has 1 heterocycles. The molecule has 16 heavy (non-hydrogen) atoms. The summed E-state index contributed by atoms with van der Waals surface area (Å²) in [6, 6.07) is 1.45. The van der Waals surface area contributed by atoms with E-state index >= 15 is 0 Å². The lowest BCUT2D eigenvalue weighted by Crippen LogP contribution is -2.36. The molecule has 0 aromatic carbocycles. The monoisotopic (exact) mass is 261 g/mol. The van der Waals surface area contributed by atoms with Gasteiger partial charge in [0.25, 0.3) is 5.91 Å². The molecule has 88 valence electrons. The molecule has 1 amide bonds. The van der Waals surface area contributed by atoms with Gasteiger partial charge in [-0.3, -0.25) is 4.79 Å². The van der Waals surface area contributed by atoms with E-state index in [1.165, 1.54) is 6.07 Å². The highest BCUT2D eigenvalue weighted by atomic mass is 35.5. The van der Waals surface area contributed by atoms with Crippen molar-refractivity contribution in [1.29, 1.82) is 0 Å². The van der Waals surface area contributed by atoms with E-state index in [0.29, 0.717) is 5.92 Å². The SMILES string of the molecule is CC(C)C(C)NC(=O)c1cc(Cl)nnc1Cl. The Morgan fingerprint density at radius 2 is 1.94 bits per heavy atom. The summed E-state index contributed by atoms with van der Waals surface area (Å²) in [4.78, 5) is 11.8. The van der Waals surface area contributed by atoms with Crippen molar-refractivity contribution < 1.29 is 4.79 Å². The molecule has 0 aliphatic carbocycles. The smallest absolute Gasteiger partial charge is 0.254 e. The molecule has 1 aromatic heterocycles. The number of amides is 1. The van der Waals surface area contributed by atoms with E-state index in [2.05, 4.69) is 15.5 Å². The Morgan fingerprint density at radius 3 is 2.50 bits per heavy atom. The zero-order chi connectivity index (χ0) is 12.3. The van der Waals surface area contributed by atoms with Gasteiger partial charge in [-0.05, 0) is 18.9 Å². The molecule has 6 heteroatoms. The number of hydrogen-bond donors (Lipinski definition) is 1. The molecular formula is C10H13Cl2N3O. The van der Waals surface area contributed by atoms with Crippen molar-refractivity contribution >= 4 is 29.1 Å². The normalized spacial score (nSPS) is 12.6. The third-order valence-corrected chi connectivity index (χ3v) is 2.79. The van der Waals surface area contributed by atoms with Crippen molar-refractivity contribution in [2.75, 3.05) is 0 Å². The Hall–Kier alpha value is -0.870. The van der Waals surface area contributed by atoms with E-state index in [1.807, 2.05) is 20.8 Å². The molecule has 1 atom stereocenters. The van der Waals surface area contributed by atoms with Crippen LogP contribution in [-0.2, 0) is 0 Å². The number of carbonyl (C=O) groups is 1. The standard InChI is InChI=1S/C10H13Cl2N3O/c1-5(2)6(3)13-10(16)7-4-8(11)14-15-9(7)12/h4-6H,1-3H3,(H,13,16). The lowest BCUT2D eigenvalue weighted by atomic mass is 10.1. The van der Waals surface area contributed by atoms with E-state index < -0.39 is 0 Å². The molecule has 1 unspecified atom stereocenters. The number of nitrogens with zero attached hydrogens (tertiary/aromatic N) is 2. The highest BCUT2D eigenvalue weighted by Crippen LogP contribution is 2.15. The van der Waals surface area contributed by atoms with Crippen molar-refractivity contribution in [2.45, 2.75) is 26.8 Å². The van der Waals surface area contributed by atoms with Gasteiger partial charge in [-0.2, -0.15) is 0 Å². The average Bonchev–Trinajstić information content (AvgIpc) is 2.21. The molecule has 1 rings (SSSR count). The summed E-state index contributed by atoms with van der Waals surface area (Å²) in [6.07, 6.45) is 0. The molecule has 1 aromatic rings. The van der Waals surface area contributed by atoms with Gasteiger partial charge in [0, 0.05) is 6.04 Å². The van der Waals surface area contributed by atoms with Crippen LogP contribution in [0.5, 0.6) is 0 Å². The van der Waals surface area contributed by atoms with Crippen molar-refractivity contribution in [1.82, 2.24) is 15.5 Å². The highest BCUT2D eigenvalue weighted by molar-refractivity contribution is 6.34. The minimum Gasteiger partial charge on any atom is -0.349 e. The predicted molar refractivity (Wildman–Crippen MR) is 63.8 cm³/mol. The Balaban J connectivity index is 2.84. The summed E-state index contributed by atoms with van der Waals surface area (Å²) in [5.74, 6) is 0.0518. The fourth-order valence-electron chi connectivity index (χ4n) is 0.963. The molecule has 0 aliphatic rings. The number of carbonyl (C=O) groups excluding carboxylic acids is 1. The fraction of sp³-hybridized carbons (Fsp3) is 0.500. The summed E-state index contributed by atoms with van der Waals surface area (Å²) < 4.78 is 0. The number of hydrogen-bond acceptors (Lipinski definition) is 3. The molecule has 0 saturated heterocycles. The lowest BCUT2D eigenvalue weighted by molar-refractivity contribution is 0.0930. The molecule has 0 saturated carbocycles. The summed E-state index contributed by atoms with van der Waals surface area (Å²) >= 11 is 11.4. The van der Waals surface area contributed by atoms with Crippen LogP contribution in [0.3, 0.4) is 0 Å². The summed E-state index contributed by atoms with van der Waals surface area (Å²) in [7, 11) is 0. The Morgan fingerprint density at radius 1 is 1.31 bits per heavy atom. The zero-order valence-corrected chi connectivity index (χ0v) is 10.8. The molecular weight excluding hydrogens is 249 g/mol. The van der Waals surface area contributed by atoms with E-state index in [-0.39, 0.29) is 27.8 Å². The number of nitrogens with one attached hydrogen (secondary N) is 1.